The Bertz CT molecular complexity index is 400. The molecule has 0 radical (unpaired) electrons. The third-order valence-corrected chi connectivity index (χ3v) is 2.67. The van der Waals surface area contributed by atoms with Crippen molar-refractivity contribution in [3.8, 4) is 11.5 Å². The van der Waals surface area contributed by atoms with Crippen molar-refractivity contribution < 1.29 is 19.4 Å². The summed E-state index contributed by atoms with van der Waals surface area (Å²) >= 11 is 0. The van der Waals surface area contributed by atoms with Gasteiger partial charge in [0, 0.05) is 12.8 Å². The Kier molecular flexibility index (Phi) is 3.85. The summed E-state index contributed by atoms with van der Waals surface area (Å²) in [7, 11) is 0. The maximum Gasteiger partial charge on any atom is 0.303 e. The zero-order chi connectivity index (χ0) is 12.1. The highest BCUT2D eigenvalue weighted by molar-refractivity contribution is 5.66. The van der Waals surface area contributed by atoms with Crippen LogP contribution in [0.1, 0.15) is 24.8 Å². The molecule has 0 amide bonds. The number of rotatable bonds is 4. The van der Waals surface area contributed by atoms with Gasteiger partial charge in [-0.3, -0.25) is 4.79 Å². The number of aliphatic carboxylic acids is 1. The quantitative estimate of drug-likeness (QED) is 0.871. The Morgan fingerprint density at radius 2 is 2.00 bits per heavy atom. The van der Waals surface area contributed by atoms with Gasteiger partial charge in [-0.15, -0.1) is 0 Å². The highest BCUT2D eigenvalue weighted by Crippen LogP contribution is 2.30. The minimum absolute atomic E-state index is 0.203. The number of benzene rings is 1. The molecule has 0 atom stereocenters. The van der Waals surface area contributed by atoms with E-state index in [1.807, 2.05) is 18.2 Å². The summed E-state index contributed by atoms with van der Waals surface area (Å²) in [5.74, 6) is 0.805. The lowest BCUT2D eigenvalue weighted by Crippen LogP contribution is -1.97. The van der Waals surface area contributed by atoms with Crippen LogP contribution in [0.3, 0.4) is 0 Å². The van der Waals surface area contributed by atoms with Crippen molar-refractivity contribution in [1.29, 1.82) is 0 Å². The van der Waals surface area contributed by atoms with Gasteiger partial charge in [-0.2, -0.15) is 0 Å². The lowest BCUT2D eigenvalue weighted by Gasteiger charge is -2.08. The van der Waals surface area contributed by atoms with Crippen LogP contribution < -0.4 is 9.47 Å². The molecule has 1 aliphatic rings. The molecule has 0 unspecified atom stereocenters. The minimum Gasteiger partial charge on any atom is -0.490 e. The second-order valence-electron chi connectivity index (χ2n) is 4.08. The Morgan fingerprint density at radius 1 is 1.24 bits per heavy atom. The Labute approximate surface area is 100 Å². The van der Waals surface area contributed by atoms with Gasteiger partial charge in [0.25, 0.3) is 0 Å². The van der Waals surface area contributed by atoms with E-state index in [2.05, 4.69) is 0 Å². The molecule has 2 rings (SSSR count). The molecule has 1 aromatic rings. The first-order valence-corrected chi connectivity index (χ1v) is 5.86. The van der Waals surface area contributed by atoms with Gasteiger partial charge in [-0.05, 0) is 30.5 Å². The molecule has 4 nitrogen and oxygen atoms in total. The van der Waals surface area contributed by atoms with Crippen molar-refractivity contribution in [2.24, 2.45) is 0 Å². The Morgan fingerprint density at radius 3 is 2.76 bits per heavy atom. The summed E-state index contributed by atoms with van der Waals surface area (Å²) in [6.07, 6.45) is 2.50. The van der Waals surface area contributed by atoms with Crippen LogP contribution in [0, 0.1) is 0 Å². The average molecular weight is 236 g/mol. The van der Waals surface area contributed by atoms with E-state index in [0.29, 0.717) is 19.6 Å². The highest BCUT2D eigenvalue weighted by Gasteiger charge is 2.10. The van der Waals surface area contributed by atoms with Crippen molar-refractivity contribution in [3.63, 3.8) is 0 Å². The lowest BCUT2D eigenvalue weighted by atomic mass is 10.1. The lowest BCUT2D eigenvalue weighted by molar-refractivity contribution is -0.137. The monoisotopic (exact) mass is 236 g/mol. The summed E-state index contributed by atoms with van der Waals surface area (Å²) < 4.78 is 11.1. The number of hydrogen-bond donors (Lipinski definition) is 1. The van der Waals surface area contributed by atoms with E-state index in [1.54, 1.807) is 0 Å². The third-order valence-electron chi connectivity index (χ3n) is 2.67. The predicted molar refractivity (Wildman–Crippen MR) is 62.6 cm³/mol. The smallest absolute Gasteiger partial charge is 0.303 e. The minimum atomic E-state index is -0.751. The zero-order valence-electron chi connectivity index (χ0n) is 9.65. The fourth-order valence-corrected chi connectivity index (χ4v) is 1.81. The van der Waals surface area contributed by atoms with Gasteiger partial charge in [0.15, 0.2) is 11.5 Å². The molecule has 0 saturated carbocycles. The van der Waals surface area contributed by atoms with Gasteiger partial charge in [-0.1, -0.05) is 6.07 Å². The molecule has 4 heteroatoms. The highest BCUT2D eigenvalue weighted by atomic mass is 16.5. The molecule has 1 aromatic carbocycles. The molecule has 0 aromatic heterocycles. The van der Waals surface area contributed by atoms with Crippen molar-refractivity contribution in [2.75, 3.05) is 13.2 Å². The summed E-state index contributed by atoms with van der Waals surface area (Å²) in [6, 6.07) is 5.81. The molecular formula is C13H16O4. The molecule has 1 aliphatic heterocycles. The average Bonchev–Trinajstić information content (AvgIpc) is 2.53. The number of fused-ring (bicyclic) bond motifs is 1. The van der Waals surface area contributed by atoms with Crippen LogP contribution in [0.2, 0.25) is 0 Å². The van der Waals surface area contributed by atoms with E-state index >= 15 is 0 Å². The molecule has 1 heterocycles. The van der Waals surface area contributed by atoms with E-state index < -0.39 is 5.97 Å². The van der Waals surface area contributed by atoms with Gasteiger partial charge >= 0.3 is 5.97 Å². The van der Waals surface area contributed by atoms with E-state index in [0.717, 1.165) is 29.9 Å². The molecule has 0 saturated heterocycles. The van der Waals surface area contributed by atoms with Crippen molar-refractivity contribution in [1.82, 2.24) is 0 Å². The van der Waals surface area contributed by atoms with Gasteiger partial charge in [-0.25, -0.2) is 0 Å². The van der Waals surface area contributed by atoms with Gasteiger partial charge in [0.05, 0.1) is 13.2 Å². The first kappa shape index (κ1) is 11.8. The number of carbonyl (C=O) groups is 1. The predicted octanol–water partition coefficient (Wildman–Crippen LogP) is 2.26. The standard InChI is InChI=1S/C13H16O4/c14-13(15)4-1-3-10-5-6-11-12(9-10)17-8-2-7-16-11/h5-6,9H,1-4,7-8H2,(H,14,15). The molecule has 0 fully saturated rings. The van der Waals surface area contributed by atoms with Crippen LogP contribution in [0.4, 0.5) is 0 Å². The second-order valence-corrected chi connectivity index (χ2v) is 4.08. The molecule has 0 aliphatic carbocycles. The third kappa shape index (κ3) is 3.37. The summed E-state index contributed by atoms with van der Waals surface area (Å²) in [4.78, 5) is 10.4. The molecule has 0 spiro atoms. The van der Waals surface area contributed by atoms with Crippen molar-refractivity contribution >= 4 is 5.97 Å². The maximum atomic E-state index is 10.4. The van der Waals surface area contributed by atoms with Crippen LogP contribution in [0.5, 0.6) is 11.5 Å². The second kappa shape index (κ2) is 5.57. The maximum absolute atomic E-state index is 10.4. The van der Waals surface area contributed by atoms with Crippen LogP contribution in [0.15, 0.2) is 18.2 Å². The fraction of sp³-hybridized carbons (Fsp3) is 0.462. The van der Waals surface area contributed by atoms with E-state index in [9.17, 15) is 4.79 Å². The van der Waals surface area contributed by atoms with Crippen LogP contribution in [-0.2, 0) is 11.2 Å². The molecule has 0 bridgehead atoms. The van der Waals surface area contributed by atoms with Crippen LogP contribution >= 0.6 is 0 Å². The number of aryl methyl sites for hydroxylation is 1. The summed E-state index contributed by atoms with van der Waals surface area (Å²) in [6.45, 7) is 1.36. The fourth-order valence-electron chi connectivity index (χ4n) is 1.81. The molecule has 92 valence electrons. The van der Waals surface area contributed by atoms with Crippen LogP contribution in [0.25, 0.3) is 0 Å². The van der Waals surface area contributed by atoms with E-state index in [4.69, 9.17) is 14.6 Å². The summed E-state index contributed by atoms with van der Waals surface area (Å²) in [5.41, 5.74) is 1.09. The topological polar surface area (TPSA) is 55.8 Å². The number of ether oxygens (including phenoxy) is 2. The molecule has 1 N–H and O–H groups in total. The van der Waals surface area contributed by atoms with Crippen molar-refractivity contribution in [3.05, 3.63) is 23.8 Å². The molecular weight excluding hydrogens is 220 g/mol. The summed E-state index contributed by atoms with van der Waals surface area (Å²) in [5, 5.41) is 8.58. The Hall–Kier alpha value is -1.71. The normalized spacial score (nSPS) is 14.1. The number of carboxylic acid groups (broad SMARTS) is 1. The first-order chi connectivity index (χ1) is 8.25. The largest absolute Gasteiger partial charge is 0.490 e. The van der Waals surface area contributed by atoms with Gasteiger partial charge < -0.3 is 14.6 Å². The van der Waals surface area contributed by atoms with E-state index in [-0.39, 0.29) is 6.42 Å². The van der Waals surface area contributed by atoms with Gasteiger partial charge in [0.1, 0.15) is 0 Å². The number of hydrogen-bond acceptors (Lipinski definition) is 3. The zero-order valence-corrected chi connectivity index (χ0v) is 9.65. The van der Waals surface area contributed by atoms with Gasteiger partial charge in [0.2, 0.25) is 0 Å². The first-order valence-electron chi connectivity index (χ1n) is 5.86. The molecule has 17 heavy (non-hydrogen) atoms. The number of carboxylic acids is 1. The SMILES string of the molecule is O=C(O)CCCc1ccc2c(c1)OCCCO2. The van der Waals surface area contributed by atoms with Crippen molar-refractivity contribution in [2.45, 2.75) is 25.7 Å². The van der Waals surface area contributed by atoms with Crippen LogP contribution in [-0.4, -0.2) is 24.3 Å². The van der Waals surface area contributed by atoms with E-state index in [1.165, 1.54) is 0 Å². The Balaban J connectivity index is 1.99.